The molecule has 0 spiro atoms. The van der Waals surface area contributed by atoms with Crippen LogP contribution in [0, 0.1) is 0 Å². The number of ether oxygens (including phenoxy) is 3. The molecule has 0 radical (unpaired) electrons. The van der Waals surface area contributed by atoms with Crippen LogP contribution in [0.2, 0.25) is 0 Å². The summed E-state index contributed by atoms with van der Waals surface area (Å²) in [5.74, 6) is -0.598. The highest BCUT2D eigenvalue weighted by molar-refractivity contribution is 6.32. The molecule has 2 amide bonds. The van der Waals surface area contributed by atoms with Crippen molar-refractivity contribution in [2.75, 3.05) is 20.8 Å². The molecule has 0 saturated carbocycles. The van der Waals surface area contributed by atoms with E-state index in [0.29, 0.717) is 28.6 Å². The van der Waals surface area contributed by atoms with Crippen molar-refractivity contribution in [2.24, 2.45) is 5.10 Å². The van der Waals surface area contributed by atoms with Crippen molar-refractivity contribution >= 4 is 24.0 Å². The summed E-state index contributed by atoms with van der Waals surface area (Å²) < 4.78 is 20.3. The van der Waals surface area contributed by atoms with Crippen LogP contribution in [0.5, 0.6) is 11.5 Å². The Morgan fingerprint density at radius 2 is 1.86 bits per heavy atom. The van der Waals surface area contributed by atoms with Crippen molar-refractivity contribution in [3.05, 3.63) is 47.4 Å². The first-order chi connectivity index (χ1) is 14.0. The van der Waals surface area contributed by atoms with E-state index in [1.807, 2.05) is 0 Å². The van der Waals surface area contributed by atoms with E-state index in [4.69, 9.17) is 13.9 Å². The van der Waals surface area contributed by atoms with Crippen LogP contribution in [0.25, 0.3) is 0 Å². The monoisotopic (exact) mass is 403 g/mol. The van der Waals surface area contributed by atoms with Crippen LogP contribution in [0.3, 0.4) is 0 Å². The molecule has 154 valence electrons. The summed E-state index contributed by atoms with van der Waals surface area (Å²) >= 11 is 0. The van der Waals surface area contributed by atoms with Crippen molar-refractivity contribution in [3.63, 3.8) is 0 Å². The molecule has 0 aliphatic heterocycles. The Bertz CT molecular complexity index is 905. The summed E-state index contributed by atoms with van der Waals surface area (Å²) in [7, 11) is 2.98. The van der Waals surface area contributed by atoms with E-state index in [1.165, 1.54) is 26.5 Å². The molecule has 0 aliphatic rings. The third-order valence-electron chi connectivity index (χ3n) is 3.57. The number of nitrogens with zero attached hydrogens (tertiary/aromatic N) is 1. The SMILES string of the molecule is CCOC(=O)C(=O)NCc1ccc(/C=N/NC(=O)c2ccc(OC)c(OC)c2)o1. The highest BCUT2D eigenvalue weighted by atomic mass is 16.5. The summed E-state index contributed by atoms with van der Waals surface area (Å²) in [5, 5.41) is 6.19. The van der Waals surface area contributed by atoms with E-state index in [-0.39, 0.29) is 13.2 Å². The second-order valence-electron chi connectivity index (χ2n) is 5.48. The fourth-order valence-electron chi connectivity index (χ4n) is 2.19. The minimum absolute atomic E-state index is 0.00346. The van der Waals surface area contributed by atoms with Crippen LogP contribution in [0.1, 0.15) is 28.8 Å². The lowest BCUT2D eigenvalue weighted by atomic mass is 10.2. The van der Waals surface area contributed by atoms with E-state index in [0.717, 1.165) is 0 Å². The fourth-order valence-corrected chi connectivity index (χ4v) is 2.19. The number of carbonyl (C=O) groups is 3. The molecule has 1 aromatic heterocycles. The van der Waals surface area contributed by atoms with Crippen molar-refractivity contribution in [3.8, 4) is 11.5 Å². The number of nitrogens with one attached hydrogen (secondary N) is 2. The standard InChI is InChI=1S/C19H21N3O7/c1-4-28-19(25)18(24)20-10-13-6-7-14(29-13)11-21-22-17(23)12-5-8-15(26-2)16(9-12)27-3/h5-9,11H,4,10H2,1-3H3,(H,20,24)(H,22,23)/b21-11+. The average molecular weight is 403 g/mol. The molecule has 0 saturated heterocycles. The minimum Gasteiger partial charge on any atom is -0.493 e. The van der Waals surface area contributed by atoms with Gasteiger partial charge in [-0.05, 0) is 37.3 Å². The number of benzene rings is 1. The number of methoxy groups -OCH3 is 2. The number of furan rings is 1. The molecule has 2 N–H and O–H groups in total. The van der Waals surface area contributed by atoms with E-state index in [9.17, 15) is 14.4 Å². The Hall–Kier alpha value is -3.82. The van der Waals surface area contributed by atoms with Gasteiger partial charge in [-0.2, -0.15) is 5.10 Å². The number of hydrogen-bond donors (Lipinski definition) is 2. The van der Waals surface area contributed by atoms with Gasteiger partial charge in [-0.25, -0.2) is 10.2 Å². The lowest BCUT2D eigenvalue weighted by Gasteiger charge is -2.08. The molecular weight excluding hydrogens is 382 g/mol. The van der Waals surface area contributed by atoms with E-state index in [2.05, 4.69) is 20.6 Å². The maximum Gasteiger partial charge on any atom is 0.396 e. The van der Waals surface area contributed by atoms with Gasteiger partial charge in [-0.1, -0.05) is 0 Å². The number of esters is 1. The topological polar surface area (TPSA) is 128 Å². The zero-order valence-corrected chi connectivity index (χ0v) is 16.2. The highest BCUT2D eigenvalue weighted by Crippen LogP contribution is 2.27. The number of hydrogen-bond acceptors (Lipinski definition) is 8. The molecule has 0 unspecified atom stereocenters. The fraction of sp³-hybridized carbons (Fsp3) is 0.263. The van der Waals surface area contributed by atoms with Gasteiger partial charge in [0.25, 0.3) is 5.91 Å². The second-order valence-corrected chi connectivity index (χ2v) is 5.48. The molecular formula is C19H21N3O7. The predicted molar refractivity (Wildman–Crippen MR) is 102 cm³/mol. The molecule has 0 atom stereocenters. The summed E-state index contributed by atoms with van der Waals surface area (Å²) in [4.78, 5) is 34.8. The molecule has 1 aromatic carbocycles. The van der Waals surface area contributed by atoms with Crippen LogP contribution >= 0.6 is 0 Å². The first-order valence-corrected chi connectivity index (χ1v) is 8.57. The number of carbonyl (C=O) groups excluding carboxylic acids is 3. The molecule has 1 heterocycles. The van der Waals surface area contributed by atoms with Crippen molar-refractivity contribution in [1.82, 2.24) is 10.7 Å². The molecule has 2 aromatic rings. The van der Waals surface area contributed by atoms with E-state index >= 15 is 0 Å². The molecule has 10 nitrogen and oxygen atoms in total. The van der Waals surface area contributed by atoms with Gasteiger partial charge in [0.05, 0.1) is 33.6 Å². The van der Waals surface area contributed by atoms with Gasteiger partial charge in [0.15, 0.2) is 11.5 Å². The number of amides is 2. The lowest BCUT2D eigenvalue weighted by Crippen LogP contribution is -2.31. The van der Waals surface area contributed by atoms with Crippen LogP contribution in [-0.4, -0.2) is 44.8 Å². The van der Waals surface area contributed by atoms with E-state index in [1.54, 1.807) is 31.2 Å². The van der Waals surface area contributed by atoms with E-state index < -0.39 is 17.8 Å². The normalized spacial score (nSPS) is 10.4. The zero-order chi connectivity index (χ0) is 21.2. The van der Waals surface area contributed by atoms with Gasteiger partial charge >= 0.3 is 11.9 Å². The minimum atomic E-state index is -0.960. The van der Waals surface area contributed by atoms with Crippen LogP contribution < -0.4 is 20.2 Å². The summed E-state index contributed by atoms with van der Waals surface area (Å²) in [6, 6.07) is 7.91. The number of hydrazone groups is 1. The third-order valence-corrected chi connectivity index (χ3v) is 3.57. The second kappa shape index (κ2) is 10.5. The molecule has 0 aliphatic carbocycles. The molecule has 10 heteroatoms. The summed E-state index contributed by atoms with van der Waals surface area (Å²) in [6.07, 6.45) is 1.30. The third kappa shape index (κ3) is 6.09. The first kappa shape index (κ1) is 21.5. The number of rotatable bonds is 8. The van der Waals surface area contributed by atoms with Gasteiger partial charge in [-0.3, -0.25) is 9.59 Å². The molecule has 0 fully saturated rings. The van der Waals surface area contributed by atoms with Gasteiger partial charge in [-0.15, -0.1) is 0 Å². The van der Waals surface area contributed by atoms with Crippen molar-refractivity contribution in [1.29, 1.82) is 0 Å². The first-order valence-electron chi connectivity index (χ1n) is 8.57. The van der Waals surface area contributed by atoms with Crippen LogP contribution in [0.15, 0.2) is 39.9 Å². The van der Waals surface area contributed by atoms with Crippen molar-refractivity contribution < 1.29 is 33.0 Å². The summed E-state index contributed by atoms with van der Waals surface area (Å²) in [5.41, 5.74) is 2.70. The Morgan fingerprint density at radius 3 is 2.55 bits per heavy atom. The maximum atomic E-state index is 12.2. The molecule has 29 heavy (non-hydrogen) atoms. The Morgan fingerprint density at radius 1 is 1.10 bits per heavy atom. The van der Waals surface area contributed by atoms with Gasteiger partial charge in [0.2, 0.25) is 0 Å². The van der Waals surface area contributed by atoms with Gasteiger partial charge in [0, 0.05) is 5.56 Å². The Kier molecular flexibility index (Phi) is 7.78. The lowest BCUT2D eigenvalue weighted by molar-refractivity contribution is -0.154. The predicted octanol–water partition coefficient (Wildman–Crippen LogP) is 1.24. The van der Waals surface area contributed by atoms with Crippen LogP contribution in [-0.2, 0) is 20.9 Å². The quantitative estimate of drug-likeness (QED) is 0.294. The highest BCUT2D eigenvalue weighted by Gasteiger charge is 2.14. The van der Waals surface area contributed by atoms with Crippen molar-refractivity contribution in [2.45, 2.75) is 13.5 Å². The van der Waals surface area contributed by atoms with Crippen LogP contribution in [0.4, 0.5) is 0 Å². The molecule has 2 rings (SSSR count). The Balaban J connectivity index is 1.89. The van der Waals surface area contributed by atoms with Gasteiger partial charge < -0.3 is 23.9 Å². The maximum absolute atomic E-state index is 12.2. The largest absolute Gasteiger partial charge is 0.493 e. The van der Waals surface area contributed by atoms with Gasteiger partial charge in [0.1, 0.15) is 11.5 Å². The zero-order valence-electron chi connectivity index (χ0n) is 16.2. The Labute approximate surface area is 166 Å². The summed E-state index contributed by atoms with van der Waals surface area (Å²) in [6.45, 7) is 1.72. The smallest absolute Gasteiger partial charge is 0.396 e. The average Bonchev–Trinajstić information content (AvgIpc) is 3.19. The molecule has 0 bridgehead atoms.